The minimum absolute atomic E-state index is 0.114. The molecule has 2 rings (SSSR count). The summed E-state index contributed by atoms with van der Waals surface area (Å²) in [6.07, 6.45) is 0.0810. The Bertz CT molecular complexity index is 561. The van der Waals surface area contributed by atoms with Crippen LogP contribution in [0, 0.1) is 0 Å². The molecule has 0 bridgehead atoms. The summed E-state index contributed by atoms with van der Waals surface area (Å²) < 4.78 is 39.8. The summed E-state index contributed by atoms with van der Waals surface area (Å²) in [6.45, 7) is 0.356. The summed E-state index contributed by atoms with van der Waals surface area (Å²) in [4.78, 5) is 13.1. The smallest absolute Gasteiger partial charge is 0.410 e. The number of rotatable bonds is 3. The highest BCUT2D eigenvalue weighted by atomic mass is 32.3. The molecule has 7 heteroatoms. The second-order valence-corrected chi connectivity index (χ2v) is 6.34. The number of halogens is 1. The van der Waals surface area contributed by atoms with Gasteiger partial charge in [0.05, 0.1) is 0 Å². The van der Waals surface area contributed by atoms with Crippen molar-refractivity contribution in [2.75, 3.05) is 13.1 Å². The first-order valence-corrected chi connectivity index (χ1v) is 7.80. The Kier molecular flexibility index (Phi) is 4.59. The zero-order valence-electron chi connectivity index (χ0n) is 10.9. The first-order chi connectivity index (χ1) is 9.47. The maximum absolute atomic E-state index is 13.0. The number of ether oxygens (including phenoxy) is 1. The van der Waals surface area contributed by atoms with E-state index in [1.807, 2.05) is 30.3 Å². The number of carbonyl (C=O) groups is 1. The van der Waals surface area contributed by atoms with E-state index in [1.54, 1.807) is 0 Å². The normalized spacial score (nSPS) is 19.6. The highest BCUT2D eigenvalue weighted by Gasteiger charge is 2.33. The molecule has 1 fully saturated rings. The molecular formula is C13H16FNO4S. The van der Waals surface area contributed by atoms with Crippen LogP contribution in [0.5, 0.6) is 0 Å². The van der Waals surface area contributed by atoms with Gasteiger partial charge in [0, 0.05) is 13.1 Å². The van der Waals surface area contributed by atoms with E-state index >= 15 is 0 Å². The first-order valence-electron chi connectivity index (χ1n) is 6.36. The lowest BCUT2D eigenvalue weighted by Crippen LogP contribution is -2.44. The number of amides is 1. The lowest BCUT2D eigenvalue weighted by molar-refractivity contribution is 0.0898. The number of hydrogen-bond acceptors (Lipinski definition) is 4. The van der Waals surface area contributed by atoms with Gasteiger partial charge in [0.1, 0.15) is 11.9 Å². The summed E-state index contributed by atoms with van der Waals surface area (Å²) in [6, 6.07) is 9.15. The van der Waals surface area contributed by atoms with Gasteiger partial charge in [0.2, 0.25) is 0 Å². The average molecular weight is 301 g/mol. The van der Waals surface area contributed by atoms with Crippen molar-refractivity contribution < 1.29 is 21.8 Å². The topological polar surface area (TPSA) is 63.7 Å². The quantitative estimate of drug-likeness (QED) is 0.802. The van der Waals surface area contributed by atoms with Crippen molar-refractivity contribution in [3.05, 3.63) is 35.9 Å². The fourth-order valence-electron chi connectivity index (χ4n) is 2.14. The van der Waals surface area contributed by atoms with E-state index in [-0.39, 0.29) is 19.6 Å². The largest absolute Gasteiger partial charge is 0.445 e. The Labute approximate surface area is 117 Å². The van der Waals surface area contributed by atoms with Gasteiger partial charge in [-0.05, 0) is 18.4 Å². The molecule has 0 aliphatic carbocycles. The van der Waals surface area contributed by atoms with Crippen LogP contribution in [-0.4, -0.2) is 37.8 Å². The summed E-state index contributed by atoms with van der Waals surface area (Å²) in [5.74, 6) is 0. The number of carbonyl (C=O) groups excluding carboxylic acids is 1. The molecule has 1 aromatic rings. The number of nitrogens with zero attached hydrogens (tertiary/aromatic N) is 1. The second-order valence-electron chi connectivity index (χ2n) is 4.73. The molecule has 1 saturated heterocycles. The Morgan fingerprint density at radius 1 is 1.35 bits per heavy atom. The van der Waals surface area contributed by atoms with Gasteiger partial charge < -0.3 is 9.64 Å². The van der Waals surface area contributed by atoms with Crippen LogP contribution in [0.25, 0.3) is 0 Å². The van der Waals surface area contributed by atoms with Gasteiger partial charge in [0.15, 0.2) is 0 Å². The second kappa shape index (κ2) is 6.21. The Balaban J connectivity index is 1.89. The van der Waals surface area contributed by atoms with Gasteiger partial charge in [-0.1, -0.05) is 30.3 Å². The van der Waals surface area contributed by atoms with Crippen LogP contribution in [0.4, 0.5) is 8.68 Å². The first kappa shape index (κ1) is 14.8. The number of piperidine rings is 1. The van der Waals surface area contributed by atoms with Crippen LogP contribution >= 0.6 is 0 Å². The maximum Gasteiger partial charge on any atom is 0.410 e. The highest BCUT2D eigenvalue weighted by molar-refractivity contribution is 7.87. The zero-order valence-corrected chi connectivity index (χ0v) is 11.7. The monoisotopic (exact) mass is 301 g/mol. The van der Waals surface area contributed by atoms with Crippen molar-refractivity contribution >= 4 is 16.3 Å². The molecule has 1 atom stereocenters. The summed E-state index contributed by atoms with van der Waals surface area (Å²) >= 11 is 0. The lowest BCUT2D eigenvalue weighted by Gasteiger charge is -2.29. The molecule has 5 nitrogen and oxygen atoms in total. The molecule has 1 aliphatic heterocycles. The van der Waals surface area contributed by atoms with Crippen LogP contribution in [0.15, 0.2) is 30.3 Å². The van der Waals surface area contributed by atoms with Crippen molar-refractivity contribution in [2.45, 2.75) is 24.7 Å². The molecule has 1 amide bonds. The Morgan fingerprint density at radius 2 is 2.05 bits per heavy atom. The standard InChI is InChI=1S/C13H16FNO4S/c14-20(17,18)12-7-4-8-15(9-12)13(16)19-10-11-5-2-1-3-6-11/h1-3,5-6,12H,4,7-10H2. The number of hydrogen-bond donors (Lipinski definition) is 0. The highest BCUT2D eigenvalue weighted by Crippen LogP contribution is 2.19. The molecule has 0 N–H and O–H groups in total. The summed E-state index contributed by atoms with van der Waals surface area (Å²) in [7, 11) is -4.61. The fourth-order valence-corrected chi connectivity index (χ4v) is 2.95. The SMILES string of the molecule is O=C(OCc1ccccc1)N1CCCC(S(=O)(=O)F)C1. The summed E-state index contributed by atoms with van der Waals surface area (Å²) in [5, 5.41) is -1.14. The third-order valence-electron chi connectivity index (χ3n) is 3.24. The molecule has 20 heavy (non-hydrogen) atoms. The van der Waals surface area contributed by atoms with E-state index in [4.69, 9.17) is 4.74 Å². The molecular weight excluding hydrogens is 285 g/mol. The molecule has 0 saturated carbocycles. The molecule has 0 spiro atoms. The predicted molar refractivity (Wildman–Crippen MR) is 71.2 cm³/mol. The van der Waals surface area contributed by atoms with Crippen LogP contribution in [0.3, 0.4) is 0 Å². The lowest BCUT2D eigenvalue weighted by atomic mass is 10.1. The summed E-state index contributed by atoms with van der Waals surface area (Å²) in [5.41, 5.74) is 0.840. The van der Waals surface area contributed by atoms with Crippen molar-refractivity contribution in [3.8, 4) is 0 Å². The van der Waals surface area contributed by atoms with Crippen molar-refractivity contribution in [3.63, 3.8) is 0 Å². The van der Waals surface area contributed by atoms with E-state index in [2.05, 4.69) is 0 Å². The van der Waals surface area contributed by atoms with Gasteiger partial charge in [-0.3, -0.25) is 0 Å². The van der Waals surface area contributed by atoms with E-state index in [0.29, 0.717) is 13.0 Å². The molecule has 110 valence electrons. The zero-order chi connectivity index (χ0) is 14.6. The van der Waals surface area contributed by atoms with Crippen LogP contribution in [0.1, 0.15) is 18.4 Å². The van der Waals surface area contributed by atoms with Crippen molar-refractivity contribution in [2.24, 2.45) is 0 Å². The maximum atomic E-state index is 13.0. The van der Waals surface area contributed by atoms with Crippen LogP contribution < -0.4 is 0 Å². The van der Waals surface area contributed by atoms with E-state index in [1.165, 1.54) is 4.90 Å². The Hall–Kier alpha value is -1.63. The van der Waals surface area contributed by atoms with Gasteiger partial charge in [-0.25, -0.2) is 4.79 Å². The molecule has 1 unspecified atom stereocenters. The molecule has 1 heterocycles. The fraction of sp³-hybridized carbons (Fsp3) is 0.462. The van der Waals surface area contributed by atoms with Crippen molar-refractivity contribution in [1.82, 2.24) is 4.90 Å². The molecule has 1 aromatic carbocycles. The Morgan fingerprint density at radius 3 is 2.70 bits per heavy atom. The van der Waals surface area contributed by atoms with Gasteiger partial charge in [0.25, 0.3) is 0 Å². The van der Waals surface area contributed by atoms with E-state index in [9.17, 15) is 17.1 Å². The minimum Gasteiger partial charge on any atom is -0.445 e. The third kappa shape index (κ3) is 3.93. The van der Waals surface area contributed by atoms with Gasteiger partial charge in [-0.15, -0.1) is 3.89 Å². The van der Waals surface area contributed by atoms with Crippen molar-refractivity contribution in [1.29, 1.82) is 0 Å². The van der Waals surface area contributed by atoms with Gasteiger partial charge >= 0.3 is 16.3 Å². The van der Waals surface area contributed by atoms with E-state index < -0.39 is 21.6 Å². The predicted octanol–water partition coefficient (Wildman–Crippen LogP) is 2.09. The molecule has 1 aliphatic rings. The molecule has 0 aromatic heterocycles. The number of benzene rings is 1. The minimum atomic E-state index is -4.61. The van der Waals surface area contributed by atoms with E-state index in [0.717, 1.165) is 5.56 Å². The van der Waals surface area contributed by atoms with Crippen LogP contribution in [-0.2, 0) is 21.6 Å². The third-order valence-corrected chi connectivity index (χ3v) is 4.42. The van der Waals surface area contributed by atoms with Gasteiger partial charge in [-0.2, -0.15) is 8.42 Å². The number of likely N-dealkylation sites (tertiary alicyclic amines) is 1. The average Bonchev–Trinajstić information content (AvgIpc) is 2.45. The van der Waals surface area contributed by atoms with Crippen LogP contribution in [0.2, 0.25) is 0 Å². The molecule has 0 radical (unpaired) electrons.